The second kappa shape index (κ2) is 13.6. The Bertz CT molecular complexity index is 1080. The Labute approximate surface area is 219 Å². The van der Waals surface area contributed by atoms with Crippen LogP contribution in [0.2, 0.25) is 5.02 Å². The van der Waals surface area contributed by atoms with Crippen molar-refractivity contribution < 1.29 is 9.59 Å². The van der Waals surface area contributed by atoms with Crippen molar-refractivity contribution in [1.29, 1.82) is 0 Å². The zero-order chi connectivity index (χ0) is 24.3. The van der Waals surface area contributed by atoms with Gasteiger partial charge in [-0.2, -0.15) is 0 Å². The van der Waals surface area contributed by atoms with E-state index < -0.39 is 6.04 Å². The number of carbonyl (C=O) groups is 2. The van der Waals surface area contributed by atoms with E-state index in [0.717, 1.165) is 26.2 Å². The predicted octanol–water partition coefficient (Wildman–Crippen LogP) is 6.36. The van der Waals surface area contributed by atoms with Crippen molar-refractivity contribution in [2.24, 2.45) is 0 Å². The number of rotatable bonds is 11. The molecule has 0 bridgehead atoms. The van der Waals surface area contributed by atoms with E-state index in [9.17, 15) is 9.59 Å². The number of thioether (sulfide) groups is 1. The highest BCUT2D eigenvalue weighted by molar-refractivity contribution is 9.10. The molecule has 178 valence electrons. The monoisotopic (exact) mass is 558 g/mol. The van der Waals surface area contributed by atoms with Crippen molar-refractivity contribution in [2.75, 3.05) is 12.8 Å². The van der Waals surface area contributed by atoms with Crippen molar-refractivity contribution in [3.63, 3.8) is 0 Å². The fourth-order valence-corrected chi connectivity index (χ4v) is 5.07. The zero-order valence-electron chi connectivity index (χ0n) is 19.0. The molecule has 34 heavy (non-hydrogen) atoms. The fourth-order valence-electron chi connectivity index (χ4n) is 3.64. The number of nitrogens with zero attached hydrogens (tertiary/aromatic N) is 1. The van der Waals surface area contributed by atoms with Gasteiger partial charge >= 0.3 is 0 Å². The van der Waals surface area contributed by atoms with E-state index in [1.807, 2.05) is 78.9 Å². The van der Waals surface area contributed by atoms with Crippen molar-refractivity contribution in [1.82, 2.24) is 10.2 Å². The van der Waals surface area contributed by atoms with Gasteiger partial charge in [0.25, 0.3) is 0 Å². The lowest BCUT2D eigenvalue weighted by Gasteiger charge is -2.31. The lowest BCUT2D eigenvalue weighted by molar-refractivity contribution is -0.141. The van der Waals surface area contributed by atoms with Crippen LogP contribution in [0.3, 0.4) is 0 Å². The van der Waals surface area contributed by atoms with Crippen molar-refractivity contribution in [3.8, 4) is 0 Å². The predicted molar refractivity (Wildman–Crippen MR) is 144 cm³/mol. The Balaban J connectivity index is 1.74. The Hall–Kier alpha value is -2.28. The summed E-state index contributed by atoms with van der Waals surface area (Å²) >= 11 is 11.2. The van der Waals surface area contributed by atoms with Crippen LogP contribution < -0.4 is 5.32 Å². The molecule has 3 rings (SSSR count). The van der Waals surface area contributed by atoms with Gasteiger partial charge in [0.1, 0.15) is 6.04 Å². The van der Waals surface area contributed by atoms with Crippen LogP contribution in [0.5, 0.6) is 0 Å². The van der Waals surface area contributed by atoms with Gasteiger partial charge in [0.2, 0.25) is 11.8 Å². The molecule has 0 radical (unpaired) electrons. The lowest BCUT2D eigenvalue weighted by Crippen LogP contribution is -2.49. The molecule has 0 saturated carbocycles. The molecular weight excluding hydrogens is 532 g/mol. The topological polar surface area (TPSA) is 49.4 Å². The normalized spacial score (nSPS) is 11.6. The van der Waals surface area contributed by atoms with Crippen molar-refractivity contribution in [2.45, 2.75) is 36.7 Å². The number of nitrogens with one attached hydrogen (secondary N) is 1. The summed E-state index contributed by atoms with van der Waals surface area (Å²) in [5, 5.41) is 3.46. The minimum absolute atomic E-state index is 0.0267. The van der Waals surface area contributed by atoms with Gasteiger partial charge in [0, 0.05) is 40.8 Å². The van der Waals surface area contributed by atoms with Gasteiger partial charge < -0.3 is 10.2 Å². The lowest BCUT2D eigenvalue weighted by atomic mass is 10.0. The molecule has 0 aliphatic carbocycles. The van der Waals surface area contributed by atoms with E-state index >= 15 is 0 Å². The molecule has 2 amide bonds. The molecule has 1 unspecified atom stereocenters. The average molecular weight is 560 g/mol. The second-order valence-corrected chi connectivity index (χ2v) is 10.4. The van der Waals surface area contributed by atoms with Gasteiger partial charge in [-0.05, 0) is 59.7 Å². The number of halogens is 2. The third-order valence-corrected chi connectivity index (χ3v) is 7.22. The number of benzene rings is 3. The molecule has 0 saturated heterocycles. The smallest absolute Gasteiger partial charge is 0.242 e. The fraction of sp³-hybridized carbons (Fsp3) is 0.259. The summed E-state index contributed by atoms with van der Waals surface area (Å²) < 4.78 is 0.941. The summed E-state index contributed by atoms with van der Waals surface area (Å²) in [7, 11) is 1.62. The molecule has 0 aliphatic rings. The second-order valence-electron chi connectivity index (χ2n) is 7.88. The Kier molecular flexibility index (Phi) is 10.5. The summed E-state index contributed by atoms with van der Waals surface area (Å²) in [4.78, 5) is 29.2. The van der Waals surface area contributed by atoms with Crippen LogP contribution in [0, 0.1) is 0 Å². The Morgan fingerprint density at radius 2 is 1.71 bits per heavy atom. The molecule has 0 fully saturated rings. The van der Waals surface area contributed by atoms with Gasteiger partial charge in [0.05, 0.1) is 0 Å². The van der Waals surface area contributed by atoms with E-state index in [1.54, 1.807) is 23.7 Å². The minimum atomic E-state index is -0.595. The molecule has 0 aliphatic heterocycles. The quantitative estimate of drug-likeness (QED) is 0.220. The van der Waals surface area contributed by atoms with Crippen LogP contribution in [-0.4, -0.2) is 35.6 Å². The van der Waals surface area contributed by atoms with Crippen LogP contribution in [0.25, 0.3) is 0 Å². The molecule has 0 spiro atoms. The highest BCUT2D eigenvalue weighted by Gasteiger charge is 2.29. The average Bonchev–Trinajstić information content (AvgIpc) is 2.85. The highest BCUT2D eigenvalue weighted by Crippen LogP contribution is 2.23. The van der Waals surface area contributed by atoms with Gasteiger partial charge in [-0.25, -0.2) is 0 Å². The van der Waals surface area contributed by atoms with E-state index in [0.29, 0.717) is 30.8 Å². The maximum atomic E-state index is 13.4. The first-order valence-electron chi connectivity index (χ1n) is 11.1. The third-order valence-electron chi connectivity index (χ3n) is 5.38. The van der Waals surface area contributed by atoms with E-state index in [4.69, 9.17) is 11.6 Å². The zero-order valence-corrected chi connectivity index (χ0v) is 22.2. The standard InChI is InChI=1S/C27H28BrClN2O2S/c1-30-27(33)25(18-20-7-3-2-4-8-20)31(19-21-9-5-10-22(28)17-21)26(32)11-6-16-34-24-14-12-23(29)13-15-24/h2-5,7-10,12-15,17,25H,6,11,16,18-19H2,1H3,(H,30,33). The number of hydrogen-bond donors (Lipinski definition) is 1. The maximum absolute atomic E-state index is 13.4. The van der Waals surface area contributed by atoms with Crippen LogP contribution in [0.4, 0.5) is 0 Å². The molecule has 0 aromatic heterocycles. The van der Waals surface area contributed by atoms with Crippen LogP contribution in [-0.2, 0) is 22.6 Å². The molecule has 7 heteroatoms. The third kappa shape index (κ3) is 8.19. The number of hydrogen-bond acceptors (Lipinski definition) is 3. The first-order chi connectivity index (χ1) is 16.5. The van der Waals surface area contributed by atoms with E-state index in [2.05, 4.69) is 21.2 Å². The van der Waals surface area contributed by atoms with E-state index in [1.165, 1.54) is 0 Å². The summed E-state index contributed by atoms with van der Waals surface area (Å²) in [6.07, 6.45) is 1.55. The van der Waals surface area contributed by atoms with Crippen molar-refractivity contribution in [3.05, 3.63) is 99.5 Å². The van der Waals surface area contributed by atoms with Crippen LogP contribution in [0.1, 0.15) is 24.0 Å². The molecule has 0 heterocycles. The number of carbonyl (C=O) groups excluding carboxylic acids is 2. The van der Waals surface area contributed by atoms with Crippen LogP contribution in [0.15, 0.2) is 88.2 Å². The van der Waals surface area contributed by atoms with Gasteiger partial charge in [-0.3, -0.25) is 9.59 Å². The van der Waals surface area contributed by atoms with Crippen molar-refractivity contribution >= 4 is 51.1 Å². The number of likely N-dealkylation sites (N-methyl/N-ethyl adjacent to an activating group) is 1. The maximum Gasteiger partial charge on any atom is 0.242 e. The Morgan fingerprint density at radius 3 is 2.38 bits per heavy atom. The molecule has 3 aromatic rings. The number of amides is 2. The van der Waals surface area contributed by atoms with Gasteiger partial charge in [0.15, 0.2) is 0 Å². The summed E-state index contributed by atoms with van der Waals surface area (Å²) in [6.45, 7) is 0.369. The SMILES string of the molecule is CNC(=O)C(Cc1ccccc1)N(Cc1cccc(Br)c1)C(=O)CCCSc1ccc(Cl)cc1. The van der Waals surface area contributed by atoms with Gasteiger partial charge in [-0.1, -0.05) is 70.0 Å². The molecule has 3 aromatic carbocycles. The summed E-state index contributed by atoms with van der Waals surface area (Å²) in [5.74, 6) is 0.616. The molecular formula is C27H28BrClN2O2S. The van der Waals surface area contributed by atoms with E-state index in [-0.39, 0.29) is 11.8 Å². The Morgan fingerprint density at radius 1 is 1.00 bits per heavy atom. The first kappa shape index (κ1) is 26.3. The summed E-state index contributed by atoms with van der Waals surface area (Å²) in [6, 6.07) is 24.8. The molecule has 1 atom stereocenters. The minimum Gasteiger partial charge on any atom is -0.357 e. The largest absolute Gasteiger partial charge is 0.357 e. The van der Waals surface area contributed by atoms with Crippen LogP contribution >= 0.6 is 39.3 Å². The first-order valence-corrected chi connectivity index (χ1v) is 13.3. The highest BCUT2D eigenvalue weighted by atomic mass is 79.9. The van der Waals surface area contributed by atoms with Gasteiger partial charge in [-0.15, -0.1) is 11.8 Å². The molecule has 4 nitrogen and oxygen atoms in total. The molecule has 1 N–H and O–H groups in total. The summed E-state index contributed by atoms with van der Waals surface area (Å²) in [5.41, 5.74) is 1.99.